The number of amides is 1. The number of hydrogen-bond donors (Lipinski definition) is 1. The van der Waals surface area contributed by atoms with Crippen molar-refractivity contribution >= 4 is 39.9 Å². The quantitative estimate of drug-likeness (QED) is 0.643. The Morgan fingerprint density at radius 2 is 1.86 bits per heavy atom. The molecule has 1 fully saturated rings. The third kappa shape index (κ3) is 4.46. The van der Waals surface area contributed by atoms with Crippen molar-refractivity contribution in [2.45, 2.75) is 5.03 Å². The summed E-state index contributed by atoms with van der Waals surface area (Å²) >= 11 is 1.22. The number of thioether (sulfide) groups is 1. The molecule has 6 nitrogen and oxygen atoms in total. The van der Waals surface area contributed by atoms with Crippen molar-refractivity contribution in [2.24, 2.45) is 0 Å². The van der Waals surface area contributed by atoms with E-state index in [9.17, 15) is 13.6 Å². The van der Waals surface area contributed by atoms with Gasteiger partial charge >= 0.3 is 0 Å². The predicted octanol–water partition coefficient (Wildman–Crippen LogP) is 3.48. The Labute approximate surface area is 170 Å². The van der Waals surface area contributed by atoms with E-state index in [2.05, 4.69) is 20.4 Å². The highest BCUT2D eigenvalue weighted by Crippen LogP contribution is 2.31. The second-order valence-corrected chi connectivity index (χ2v) is 7.40. The van der Waals surface area contributed by atoms with Gasteiger partial charge in [-0.05, 0) is 12.1 Å². The maximum atomic E-state index is 13.7. The molecule has 0 unspecified atom stereocenters. The number of aromatic nitrogens is 2. The molecule has 0 saturated carbocycles. The highest BCUT2D eigenvalue weighted by atomic mass is 32.2. The third-order valence-electron chi connectivity index (χ3n) is 4.49. The van der Waals surface area contributed by atoms with Crippen LogP contribution in [0.25, 0.3) is 10.8 Å². The molecule has 0 spiro atoms. The first-order valence-electron chi connectivity index (χ1n) is 9.07. The van der Waals surface area contributed by atoms with E-state index in [1.807, 2.05) is 24.3 Å². The molecule has 0 radical (unpaired) electrons. The lowest BCUT2D eigenvalue weighted by molar-refractivity contribution is -0.113. The molecule has 1 amide bonds. The molecule has 1 aliphatic heterocycles. The Hall–Kier alpha value is -2.78. The molecule has 4 rings (SSSR count). The van der Waals surface area contributed by atoms with Crippen LogP contribution in [0, 0.1) is 11.6 Å². The van der Waals surface area contributed by atoms with Gasteiger partial charge in [0.1, 0.15) is 16.7 Å². The first kappa shape index (κ1) is 19.5. The van der Waals surface area contributed by atoms with Crippen molar-refractivity contribution < 1.29 is 18.3 Å². The van der Waals surface area contributed by atoms with Crippen LogP contribution < -0.4 is 10.2 Å². The summed E-state index contributed by atoms with van der Waals surface area (Å²) in [6, 6.07) is 10.8. The molecule has 9 heteroatoms. The summed E-state index contributed by atoms with van der Waals surface area (Å²) in [6.45, 7) is 2.78. The number of hydrogen-bond acceptors (Lipinski definition) is 6. The minimum Gasteiger partial charge on any atom is -0.378 e. The van der Waals surface area contributed by atoms with Crippen LogP contribution in [-0.4, -0.2) is 48.2 Å². The first-order valence-corrected chi connectivity index (χ1v) is 10.1. The van der Waals surface area contributed by atoms with Crippen LogP contribution in [0.4, 0.5) is 20.3 Å². The van der Waals surface area contributed by atoms with Gasteiger partial charge in [0.05, 0.1) is 24.7 Å². The number of nitrogens with one attached hydrogen (secondary N) is 1. The van der Waals surface area contributed by atoms with Crippen molar-refractivity contribution in [2.75, 3.05) is 42.3 Å². The van der Waals surface area contributed by atoms with Crippen LogP contribution in [0.15, 0.2) is 47.5 Å². The van der Waals surface area contributed by atoms with Crippen LogP contribution in [0.3, 0.4) is 0 Å². The molecular weight excluding hydrogens is 398 g/mol. The highest BCUT2D eigenvalue weighted by molar-refractivity contribution is 8.00. The number of anilines is 2. The van der Waals surface area contributed by atoms with Gasteiger partial charge in [-0.3, -0.25) is 4.79 Å². The Morgan fingerprint density at radius 1 is 1.10 bits per heavy atom. The van der Waals surface area contributed by atoms with Gasteiger partial charge < -0.3 is 15.0 Å². The molecule has 0 aliphatic carbocycles. The van der Waals surface area contributed by atoms with Crippen LogP contribution in [0.2, 0.25) is 0 Å². The van der Waals surface area contributed by atoms with E-state index < -0.39 is 17.5 Å². The third-order valence-corrected chi connectivity index (χ3v) is 5.47. The zero-order chi connectivity index (χ0) is 20.2. The summed E-state index contributed by atoms with van der Waals surface area (Å²) in [4.78, 5) is 14.3. The molecular formula is C20H18F2N4O2S. The fraction of sp³-hybridized carbons (Fsp3) is 0.250. The lowest BCUT2D eigenvalue weighted by atomic mass is 10.2. The molecule has 2 heterocycles. The fourth-order valence-corrected chi connectivity index (χ4v) is 3.86. The summed E-state index contributed by atoms with van der Waals surface area (Å²) < 4.78 is 32.1. The first-order chi connectivity index (χ1) is 14.1. The Bertz CT molecular complexity index is 1040. The van der Waals surface area contributed by atoms with E-state index in [4.69, 9.17) is 4.74 Å². The Balaban J connectivity index is 1.50. The molecule has 3 aromatic rings. The zero-order valence-corrected chi connectivity index (χ0v) is 16.2. The number of fused-ring (bicyclic) bond motifs is 1. The van der Waals surface area contributed by atoms with Crippen LogP contribution in [-0.2, 0) is 9.53 Å². The van der Waals surface area contributed by atoms with E-state index in [1.54, 1.807) is 0 Å². The van der Waals surface area contributed by atoms with Crippen molar-refractivity contribution in [3.05, 3.63) is 54.1 Å². The average Bonchev–Trinajstić information content (AvgIpc) is 2.74. The van der Waals surface area contributed by atoms with Gasteiger partial charge in [-0.1, -0.05) is 36.0 Å². The van der Waals surface area contributed by atoms with Crippen molar-refractivity contribution in [1.82, 2.24) is 10.2 Å². The number of benzene rings is 2. The van der Waals surface area contributed by atoms with E-state index in [-0.39, 0.29) is 11.4 Å². The topological polar surface area (TPSA) is 67.4 Å². The number of morpholine rings is 1. The number of rotatable bonds is 5. The summed E-state index contributed by atoms with van der Waals surface area (Å²) in [5, 5.41) is 13.6. The number of ether oxygens (including phenoxy) is 1. The lowest BCUT2D eigenvalue weighted by Gasteiger charge is -2.28. The molecule has 1 saturated heterocycles. The molecule has 29 heavy (non-hydrogen) atoms. The maximum Gasteiger partial charge on any atom is 0.234 e. The smallest absolute Gasteiger partial charge is 0.234 e. The van der Waals surface area contributed by atoms with Gasteiger partial charge in [0.25, 0.3) is 0 Å². The van der Waals surface area contributed by atoms with Crippen LogP contribution in [0.5, 0.6) is 0 Å². The zero-order valence-electron chi connectivity index (χ0n) is 15.4. The van der Waals surface area contributed by atoms with E-state index in [0.29, 0.717) is 18.2 Å². The Kier molecular flexibility index (Phi) is 5.86. The van der Waals surface area contributed by atoms with Gasteiger partial charge in [0.2, 0.25) is 5.91 Å². The lowest BCUT2D eigenvalue weighted by Crippen LogP contribution is -2.37. The number of carbonyl (C=O) groups is 1. The van der Waals surface area contributed by atoms with E-state index in [1.165, 1.54) is 17.8 Å². The highest BCUT2D eigenvalue weighted by Gasteiger charge is 2.18. The largest absolute Gasteiger partial charge is 0.378 e. The normalized spacial score (nSPS) is 14.2. The predicted molar refractivity (Wildman–Crippen MR) is 108 cm³/mol. The fourth-order valence-electron chi connectivity index (χ4n) is 3.09. The Morgan fingerprint density at radius 3 is 2.62 bits per heavy atom. The van der Waals surface area contributed by atoms with E-state index >= 15 is 0 Å². The van der Waals surface area contributed by atoms with Crippen LogP contribution in [0.1, 0.15) is 0 Å². The summed E-state index contributed by atoms with van der Waals surface area (Å²) in [5.41, 5.74) is -0.0596. The molecule has 1 aromatic heterocycles. The minimum atomic E-state index is -0.816. The number of nitrogens with zero attached hydrogens (tertiary/aromatic N) is 3. The number of carbonyl (C=O) groups excluding carboxylic acids is 1. The molecule has 0 atom stereocenters. The second-order valence-electron chi connectivity index (χ2n) is 6.43. The molecule has 0 bridgehead atoms. The van der Waals surface area contributed by atoms with Crippen LogP contribution >= 0.6 is 11.8 Å². The molecule has 150 valence electrons. The van der Waals surface area contributed by atoms with Gasteiger partial charge in [-0.2, -0.15) is 0 Å². The summed E-state index contributed by atoms with van der Waals surface area (Å²) in [7, 11) is 0. The van der Waals surface area contributed by atoms with Gasteiger partial charge in [-0.15, -0.1) is 10.2 Å². The number of halogens is 2. The van der Waals surface area contributed by atoms with Gasteiger partial charge in [0.15, 0.2) is 5.82 Å². The van der Waals surface area contributed by atoms with Gasteiger partial charge in [0, 0.05) is 29.9 Å². The van der Waals surface area contributed by atoms with Crippen molar-refractivity contribution in [3.8, 4) is 0 Å². The second kappa shape index (κ2) is 8.71. The molecule has 1 N–H and O–H groups in total. The van der Waals surface area contributed by atoms with Crippen molar-refractivity contribution in [1.29, 1.82) is 0 Å². The van der Waals surface area contributed by atoms with Gasteiger partial charge in [-0.25, -0.2) is 8.78 Å². The summed E-state index contributed by atoms with van der Waals surface area (Å²) in [5.74, 6) is -1.11. The average molecular weight is 416 g/mol. The molecule has 1 aliphatic rings. The molecule has 2 aromatic carbocycles. The SMILES string of the molecule is O=C(CSc1nnc(N2CCOCC2)c2ccccc12)Nc1ccc(F)cc1F. The monoisotopic (exact) mass is 416 g/mol. The standard InChI is InChI=1S/C20H18F2N4O2S/c21-13-5-6-17(16(22)11-13)23-18(27)12-29-20-15-4-2-1-3-14(15)19(24-25-20)26-7-9-28-10-8-26/h1-6,11H,7-10,12H2,(H,23,27). The summed E-state index contributed by atoms with van der Waals surface area (Å²) in [6.07, 6.45) is 0. The maximum absolute atomic E-state index is 13.7. The minimum absolute atomic E-state index is 0.0202. The van der Waals surface area contributed by atoms with Crippen molar-refractivity contribution in [3.63, 3.8) is 0 Å². The van der Waals surface area contributed by atoms with E-state index in [0.717, 1.165) is 41.8 Å².